The van der Waals surface area contributed by atoms with Crippen molar-refractivity contribution in [2.24, 2.45) is 0 Å². The lowest BCUT2D eigenvalue weighted by molar-refractivity contribution is 0.101. The number of Topliss-reactive ketones (excluding diaryl/α,β-unsaturated/α-hetero) is 1. The molecular weight excluding hydrogens is 330 g/mol. The monoisotopic (exact) mass is 349 g/mol. The normalized spacial score (nSPS) is 11.4. The number of benzene rings is 2. The van der Waals surface area contributed by atoms with E-state index in [1.165, 1.54) is 36.8 Å². The smallest absolute Gasteiger partial charge is 0.240 e. The van der Waals surface area contributed by atoms with Gasteiger partial charge >= 0.3 is 0 Å². The van der Waals surface area contributed by atoms with Crippen molar-refractivity contribution in [3.8, 4) is 0 Å². The van der Waals surface area contributed by atoms with Crippen LogP contribution >= 0.6 is 11.8 Å². The summed E-state index contributed by atoms with van der Waals surface area (Å²) in [5.41, 5.74) is 1.70. The van der Waals surface area contributed by atoms with Crippen LogP contribution in [0.2, 0.25) is 0 Å². The molecule has 6 heteroatoms. The number of carbonyl (C=O) groups is 1. The molecule has 0 aromatic heterocycles. The Morgan fingerprint density at radius 1 is 1.04 bits per heavy atom. The summed E-state index contributed by atoms with van der Waals surface area (Å²) in [5.74, 6) is 0.560. The van der Waals surface area contributed by atoms with Crippen LogP contribution in [0.1, 0.15) is 22.8 Å². The lowest BCUT2D eigenvalue weighted by Gasteiger charge is -2.07. The van der Waals surface area contributed by atoms with Gasteiger partial charge in [0.15, 0.2) is 5.78 Å². The fourth-order valence-electron chi connectivity index (χ4n) is 1.93. The van der Waals surface area contributed by atoms with Gasteiger partial charge in [0.25, 0.3) is 0 Å². The Morgan fingerprint density at radius 3 is 2.22 bits per heavy atom. The van der Waals surface area contributed by atoms with Gasteiger partial charge < -0.3 is 0 Å². The maximum Gasteiger partial charge on any atom is 0.240 e. The molecule has 0 aliphatic rings. The Hall–Kier alpha value is -1.63. The zero-order chi connectivity index (χ0) is 16.9. The van der Waals surface area contributed by atoms with Crippen LogP contribution in [-0.2, 0) is 10.0 Å². The molecule has 0 aliphatic heterocycles. The summed E-state index contributed by atoms with van der Waals surface area (Å²) in [6.45, 7) is 3.82. The van der Waals surface area contributed by atoms with E-state index >= 15 is 0 Å². The lowest BCUT2D eigenvalue weighted by Crippen LogP contribution is -2.26. The van der Waals surface area contributed by atoms with Crippen LogP contribution in [-0.4, -0.2) is 26.5 Å². The van der Waals surface area contributed by atoms with Crippen molar-refractivity contribution in [1.82, 2.24) is 4.72 Å². The summed E-state index contributed by atoms with van der Waals surface area (Å²) in [6, 6.07) is 14.1. The quantitative estimate of drug-likeness (QED) is 0.473. The fraction of sp³-hybridized carbons (Fsp3) is 0.235. The average molecular weight is 349 g/mol. The molecule has 1 N–H and O–H groups in total. The van der Waals surface area contributed by atoms with E-state index in [0.29, 0.717) is 17.9 Å². The van der Waals surface area contributed by atoms with Crippen LogP contribution in [0.25, 0.3) is 0 Å². The van der Waals surface area contributed by atoms with Crippen LogP contribution in [0.15, 0.2) is 58.3 Å². The Morgan fingerprint density at radius 2 is 1.65 bits per heavy atom. The molecule has 0 heterocycles. The van der Waals surface area contributed by atoms with Gasteiger partial charge in [0, 0.05) is 22.8 Å². The first kappa shape index (κ1) is 17.7. The predicted molar refractivity (Wildman–Crippen MR) is 93.5 cm³/mol. The molecule has 0 atom stereocenters. The van der Waals surface area contributed by atoms with E-state index in [4.69, 9.17) is 0 Å². The van der Waals surface area contributed by atoms with Crippen molar-refractivity contribution >= 4 is 27.6 Å². The molecule has 4 nitrogen and oxygen atoms in total. The van der Waals surface area contributed by atoms with Gasteiger partial charge in [-0.3, -0.25) is 4.79 Å². The number of aryl methyl sites for hydroxylation is 1. The van der Waals surface area contributed by atoms with Gasteiger partial charge in [-0.25, -0.2) is 13.1 Å². The van der Waals surface area contributed by atoms with Crippen molar-refractivity contribution in [2.75, 3.05) is 12.3 Å². The summed E-state index contributed by atoms with van der Waals surface area (Å²) in [6.07, 6.45) is 0. The number of rotatable bonds is 7. The molecule has 2 rings (SSSR count). The molecule has 0 amide bonds. The van der Waals surface area contributed by atoms with Crippen molar-refractivity contribution in [1.29, 1.82) is 0 Å². The predicted octanol–water partition coefficient (Wildman–Crippen LogP) is 3.27. The van der Waals surface area contributed by atoms with E-state index < -0.39 is 10.0 Å². The van der Waals surface area contributed by atoms with Crippen LogP contribution in [0.5, 0.6) is 0 Å². The minimum Gasteiger partial charge on any atom is -0.295 e. The number of sulfonamides is 1. The van der Waals surface area contributed by atoms with Crippen molar-refractivity contribution in [2.45, 2.75) is 23.6 Å². The molecule has 0 unspecified atom stereocenters. The molecule has 0 fully saturated rings. The third-order valence-electron chi connectivity index (χ3n) is 3.25. The van der Waals surface area contributed by atoms with E-state index in [2.05, 4.69) is 4.72 Å². The number of hydrogen-bond acceptors (Lipinski definition) is 4. The van der Waals surface area contributed by atoms with Crippen LogP contribution < -0.4 is 4.72 Å². The molecular formula is C17H19NO3S2. The Bertz CT molecular complexity index is 766. The van der Waals surface area contributed by atoms with E-state index in [9.17, 15) is 13.2 Å². The molecule has 0 saturated heterocycles. The lowest BCUT2D eigenvalue weighted by atomic mass is 10.2. The second kappa shape index (κ2) is 7.77. The maximum absolute atomic E-state index is 12.2. The number of thioether (sulfide) groups is 1. The molecule has 0 spiro atoms. The third-order valence-corrected chi connectivity index (χ3v) is 5.75. The Balaban J connectivity index is 1.88. The van der Waals surface area contributed by atoms with Gasteiger partial charge in [0.05, 0.1) is 4.90 Å². The van der Waals surface area contributed by atoms with Crippen molar-refractivity contribution in [3.05, 3.63) is 59.7 Å². The number of nitrogens with one attached hydrogen (secondary N) is 1. The van der Waals surface area contributed by atoms with E-state index in [1.807, 2.05) is 31.2 Å². The van der Waals surface area contributed by atoms with Gasteiger partial charge in [0.2, 0.25) is 10.0 Å². The summed E-state index contributed by atoms with van der Waals surface area (Å²) >= 11 is 1.60. The molecule has 0 saturated carbocycles. The van der Waals surface area contributed by atoms with E-state index in [-0.39, 0.29) is 10.7 Å². The minimum atomic E-state index is -3.54. The summed E-state index contributed by atoms with van der Waals surface area (Å²) < 4.78 is 26.9. The molecule has 122 valence electrons. The molecule has 2 aromatic rings. The van der Waals surface area contributed by atoms with Gasteiger partial charge in [-0.15, -0.1) is 11.8 Å². The maximum atomic E-state index is 12.2. The highest BCUT2D eigenvalue weighted by Crippen LogP contribution is 2.18. The molecule has 23 heavy (non-hydrogen) atoms. The molecule has 0 radical (unpaired) electrons. The highest BCUT2D eigenvalue weighted by molar-refractivity contribution is 7.99. The molecule has 2 aromatic carbocycles. The SMILES string of the molecule is CC(=O)c1ccc(S(=O)(=O)NCCSc2ccc(C)cc2)cc1. The topological polar surface area (TPSA) is 63.2 Å². The summed E-state index contributed by atoms with van der Waals surface area (Å²) in [5, 5.41) is 0. The van der Waals surface area contributed by atoms with Crippen molar-refractivity contribution < 1.29 is 13.2 Å². The number of ketones is 1. The first-order chi connectivity index (χ1) is 10.9. The molecule has 0 bridgehead atoms. The third kappa shape index (κ3) is 5.20. The number of carbonyl (C=O) groups excluding carboxylic acids is 1. The van der Waals surface area contributed by atoms with E-state index in [0.717, 1.165) is 4.90 Å². The number of hydrogen-bond donors (Lipinski definition) is 1. The highest BCUT2D eigenvalue weighted by atomic mass is 32.2. The zero-order valence-corrected chi connectivity index (χ0v) is 14.7. The second-order valence-corrected chi connectivity index (χ2v) is 8.08. The molecule has 0 aliphatic carbocycles. The van der Waals surface area contributed by atoms with Crippen molar-refractivity contribution in [3.63, 3.8) is 0 Å². The van der Waals surface area contributed by atoms with Crippen LogP contribution in [0, 0.1) is 6.92 Å². The van der Waals surface area contributed by atoms with Crippen LogP contribution in [0.3, 0.4) is 0 Å². The van der Waals surface area contributed by atoms with E-state index in [1.54, 1.807) is 11.8 Å². The van der Waals surface area contributed by atoms with Gasteiger partial charge in [-0.1, -0.05) is 29.8 Å². The van der Waals surface area contributed by atoms with Gasteiger partial charge in [-0.2, -0.15) is 0 Å². The zero-order valence-electron chi connectivity index (χ0n) is 13.1. The minimum absolute atomic E-state index is 0.0867. The summed E-state index contributed by atoms with van der Waals surface area (Å²) in [4.78, 5) is 12.5. The van der Waals surface area contributed by atoms with Gasteiger partial charge in [0.1, 0.15) is 0 Å². The largest absolute Gasteiger partial charge is 0.295 e. The van der Waals surface area contributed by atoms with Gasteiger partial charge in [-0.05, 0) is 38.1 Å². The Labute approximate surface area is 141 Å². The van der Waals surface area contributed by atoms with Crippen LogP contribution in [0.4, 0.5) is 0 Å². The highest BCUT2D eigenvalue weighted by Gasteiger charge is 2.13. The Kier molecular flexibility index (Phi) is 5.98. The summed E-state index contributed by atoms with van der Waals surface area (Å²) in [7, 11) is -3.54. The second-order valence-electron chi connectivity index (χ2n) is 5.14. The first-order valence-electron chi connectivity index (χ1n) is 7.18. The average Bonchev–Trinajstić information content (AvgIpc) is 2.53. The first-order valence-corrected chi connectivity index (χ1v) is 9.65. The standard InChI is InChI=1S/C17H19NO3S2/c1-13-3-7-16(8-4-13)22-12-11-18-23(20,21)17-9-5-15(6-10-17)14(2)19/h3-10,18H,11-12H2,1-2H3. The fourth-order valence-corrected chi connectivity index (χ4v) is 3.86.